The Hall–Kier alpha value is -1.13. The minimum absolute atomic E-state index is 0.0372. The maximum absolute atomic E-state index is 12.7. The van der Waals surface area contributed by atoms with Gasteiger partial charge in [-0.3, -0.25) is 14.7 Å². The molecule has 3 heterocycles. The zero-order valence-corrected chi connectivity index (χ0v) is 12.5. The van der Waals surface area contributed by atoms with E-state index in [4.69, 9.17) is 11.6 Å². The molecule has 0 aliphatic carbocycles. The van der Waals surface area contributed by atoms with Crippen LogP contribution in [0.25, 0.3) is 0 Å². The molecule has 2 fully saturated rings. The SMILES string of the molecule is CC1CN2CCCCC2CN1C(=O)c1ccncc1Cl. The first-order valence-electron chi connectivity index (χ1n) is 7.31. The third-order valence-corrected chi connectivity index (χ3v) is 4.75. The third kappa shape index (κ3) is 2.54. The summed E-state index contributed by atoms with van der Waals surface area (Å²) < 4.78 is 0. The lowest BCUT2D eigenvalue weighted by Gasteiger charge is -2.47. The molecule has 0 radical (unpaired) electrons. The van der Waals surface area contributed by atoms with E-state index in [-0.39, 0.29) is 11.9 Å². The van der Waals surface area contributed by atoms with Crippen molar-refractivity contribution in [2.24, 2.45) is 0 Å². The van der Waals surface area contributed by atoms with E-state index in [0.717, 1.165) is 13.1 Å². The average molecular weight is 294 g/mol. The number of fused-ring (bicyclic) bond motifs is 1. The second-order valence-corrected chi connectivity index (χ2v) is 6.21. The molecular weight excluding hydrogens is 274 g/mol. The van der Waals surface area contributed by atoms with Gasteiger partial charge in [-0.15, -0.1) is 0 Å². The van der Waals surface area contributed by atoms with Gasteiger partial charge in [0.15, 0.2) is 0 Å². The number of nitrogens with zero attached hydrogens (tertiary/aromatic N) is 3. The first kappa shape index (κ1) is 13.8. The van der Waals surface area contributed by atoms with Crippen LogP contribution in [0.3, 0.4) is 0 Å². The highest BCUT2D eigenvalue weighted by molar-refractivity contribution is 6.33. The number of pyridine rings is 1. The lowest BCUT2D eigenvalue weighted by atomic mass is 9.96. The zero-order valence-electron chi connectivity index (χ0n) is 11.8. The molecule has 2 atom stereocenters. The number of carbonyl (C=O) groups excluding carboxylic acids is 1. The van der Waals surface area contributed by atoms with E-state index in [9.17, 15) is 4.79 Å². The molecule has 2 aliphatic rings. The van der Waals surface area contributed by atoms with Crippen molar-refractivity contribution in [2.75, 3.05) is 19.6 Å². The lowest BCUT2D eigenvalue weighted by molar-refractivity contribution is 0.0152. The number of amides is 1. The summed E-state index contributed by atoms with van der Waals surface area (Å²) in [4.78, 5) is 21.2. The first-order chi connectivity index (χ1) is 9.66. The van der Waals surface area contributed by atoms with Crippen molar-refractivity contribution in [3.8, 4) is 0 Å². The number of aromatic nitrogens is 1. The van der Waals surface area contributed by atoms with Crippen LogP contribution in [0.5, 0.6) is 0 Å². The molecule has 1 amide bonds. The highest BCUT2D eigenvalue weighted by Crippen LogP contribution is 2.26. The van der Waals surface area contributed by atoms with Gasteiger partial charge < -0.3 is 4.90 Å². The van der Waals surface area contributed by atoms with Crippen LogP contribution in [0.4, 0.5) is 0 Å². The molecule has 0 bridgehead atoms. The van der Waals surface area contributed by atoms with Crippen LogP contribution in [0, 0.1) is 0 Å². The van der Waals surface area contributed by atoms with Crippen molar-refractivity contribution in [3.05, 3.63) is 29.0 Å². The van der Waals surface area contributed by atoms with Gasteiger partial charge in [0.25, 0.3) is 5.91 Å². The summed E-state index contributed by atoms with van der Waals surface area (Å²) in [6, 6.07) is 2.47. The quantitative estimate of drug-likeness (QED) is 0.798. The molecule has 1 aromatic heterocycles. The summed E-state index contributed by atoms with van der Waals surface area (Å²) in [5, 5.41) is 0.441. The van der Waals surface area contributed by atoms with E-state index < -0.39 is 0 Å². The van der Waals surface area contributed by atoms with E-state index >= 15 is 0 Å². The van der Waals surface area contributed by atoms with Gasteiger partial charge in [0.2, 0.25) is 0 Å². The number of piperazine rings is 1. The maximum Gasteiger partial charge on any atom is 0.255 e. The summed E-state index contributed by atoms with van der Waals surface area (Å²) >= 11 is 6.10. The molecule has 0 spiro atoms. The summed E-state index contributed by atoms with van der Waals surface area (Å²) in [7, 11) is 0. The van der Waals surface area contributed by atoms with E-state index in [2.05, 4.69) is 16.8 Å². The predicted octanol–water partition coefficient (Wildman–Crippen LogP) is 2.43. The van der Waals surface area contributed by atoms with Crippen molar-refractivity contribution in [3.63, 3.8) is 0 Å². The highest BCUT2D eigenvalue weighted by atomic mass is 35.5. The van der Waals surface area contributed by atoms with Crippen molar-refractivity contribution in [1.29, 1.82) is 0 Å². The van der Waals surface area contributed by atoms with Gasteiger partial charge in [-0.25, -0.2) is 0 Å². The molecule has 3 rings (SSSR count). The van der Waals surface area contributed by atoms with Gasteiger partial charge >= 0.3 is 0 Å². The largest absolute Gasteiger partial charge is 0.333 e. The van der Waals surface area contributed by atoms with E-state index in [0.29, 0.717) is 16.6 Å². The van der Waals surface area contributed by atoms with Gasteiger partial charge in [0.05, 0.1) is 10.6 Å². The number of rotatable bonds is 1. The summed E-state index contributed by atoms with van der Waals surface area (Å²) in [6.07, 6.45) is 6.92. The molecule has 5 heteroatoms. The van der Waals surface area contributed by atoms with Crippen molar-refractivity contribution < 1.29 is 4.79 Å². The average Bonchev–Trinajstić information content (AvgIpc) is 2.46. The predicted molar refractivity (Wildman–Crippen MR) is 79.0 cm³/mol. The Labute approximate surface area is 124 Å². The second-order valence-electron chi connectivity index (χ2n) is 5.81. The number of halogens is 1. The highest BCUT2D eigenvalue weighted by Gasteiger charge is 2.35. The van der Waals surface area contributed by atoms with Crippen LogP contribution in [-0.2, 0) is 0 Å². The minimum Gasteiger partial charge on any atom is -0.333 e. The van der Waals surface area contributed by atoms with Crippen molar-refractivity contribution >= 4 is 17.5 Å². The molecule has 4 nitrogen and oxygen atoms in total. The maximum atomic E-state index is 12.7. The molecule has 2 aliphatic heterocycles. The van der Waals surface area contributed by atoms with Gasteiger partial charge in [0, 0.05) is 37.6 Å². The Kier molecular flexibility index (Phi) is 3.94. The summed E-state index contributed by atoms with van der Waals surface area (Å²) in [6.45, 7) is 5.09. The molecule has 2 unspecified atom stereocenters. The number of carbonyl (C=O) groups is 1. The molecule has 2 saturated heterocycles. The van der Waals surface area contributed by atoms with Crippen LogP contribution >= 0.6 is 11.6 Å². The standard InChI is InChI=1S/C15H20ClN3O/c1-11-9-18-7-3-2-4-12(18)10-19(11)15(20)13-5-6-17-8-14(13)16/h5-6,8,11-12H,2-4,7,9-10H2,1H3. The van der Waals surface area contributed by atoms with Gasteiger partial charge in [-0.1, -0.05) is 18.0 Å². The fraction of sp³-hybridized carbons (Fsp3) is 0.600. The van der Waals surface area contributed by atoms with Crippen LogP contribution < -0.4 is 0 Å². The molecule has 0 N–H and O–H groups in total. The molecular formula is C15H20ClN3O. The number of hydrogen-bond acceptors (Lipinski definition) is 3. The van der Waals surface area contributed by atoms with Gasteiger partial charge in [0.1, 0.15) is 0 Å². The smallest absolute Gasteiger partial charge is 0.255 e. The van der Waals surface area contributed by atoms with Crippen LogP contribution in [0.2, 0.25) is 5.02 Å². The molecule has 0 aromatic carbocycles. The minimum atomic E-state index is 0.0372. The van der Waals surface area contributed by atoms with Crippen LogP contribution in [0.15, 0.2) is 18.5 Å². The van der Waals surface area contributed by atoms with Crippen molar-refractivity contribution in [1.82, 2.24) is 14.8 Å². The van der Waals surface area contributed by atoms with Crippen molar-refractivity contribution in [2.45, 2.75) is 38.3 Å². The molecule has 1 aromatic rings. The first-order valence-corrected chi connectivity index (χ1v) is 7.69. The summed E-state index contributed by atoms with van der Waals surface area (Å²) in [5.74, 6) is 0.0372. The summed E-state index contributed by atoms with van der Waals surface area (Å²) in [5.41, 5.74) is 0.567. The Morgan fingerprint density at radius 2 is 2.25 bits per heavy atom. The van der Waals surface area contributed by atoms with Crippen LogP contribution in [-0.4, -0.2) is 52.4 Å². The van der Waals surface area contributed by atoms with E-state index in [1.54, 1.807) is 12.3 Å². The normalized spacial score (nSPS) is 27.2. The fourth-order valence-electron chi connectivity index (χ4n) is 3.34. The van der Waals surface area contributed by atoms with Gasteiger partial charge in [-0.2, -0.15) is 0 Å². The topological polar surface area (TPSA) is 36.4 Å². The third-order valence-electron chi connectivity index (χ3n) is 4.45. The Balaban J connectivity index is 1.79. The number of piperidine rings is 1. The monoisotopic (exact) mass is 293 g/mol. The fourth-order valence-corrected chi connectivity index (χ4v) is 3.54. The van der Waals surface area contributed by atoms with Crippen LogP contribution in [0.1, 0.15) is 36.5 Å². The van der Waals surface area contributed by atoms with E-state index in [1.165, 1.54) is 32.0 Å². The Morgan fingerprint density at radius 3 is 3.05 bits per heavy atom. The molecule has 108 valence electrons. The van der Waals surface area contributed by atoms with Gasteiger partial charge in [-0.05, 0) is 32.4 Å². The Bertz CT molecular complexity index is 508. The zero-order chi connectivity index (χ0) is 14.1. The second kappa shape index (κ2) is 5.70. The van der Waals surface area contributed by atoms with E-state index in [1.807, 2.05) is 4.90 Å². The lowest BCUT2D eigenvalue weighted by Crippen LogP contribution is -2.60. The Morgan fingerprint density at radius 1 is 1.40 bits per heavy atom. The number of hydrogen-bond donors (Lipinski definition) is 0. The molecule has 20 heavy (non-hydrogen) atoms. The molecule has 0 saturated carbocycles.